The zero-order chi connectivity index (χ0) is 20.3. The molecule has 3 rings (SSSR count). The highest BCUT2D eigenvalue weighted by molar-refractivity contribution is 6.39. The van der Waals surface area contributed by atoms with E-state index in [2.05, 4.69) is 5.32 Å². The zero-order valence-corrected chi connectivity index (χ0v) is 16.1. The summed E-state index contributed by atoms with van der Waals surface area (Å²) in [6.07, 6.45) is 2.30. The lowest BCUT2D eigenvalue weighted by molar-refractivity contribution is -0.122. The molecule has 4 amide bonds. The Labute approximate surface area is 163 Å². The van der Waals surface area contributed by atoms with E-state index in [1.54, 1.807) is 24.3 Å². The van der Waals surface area contributed by atoms with Crippen molar-refractivity contribution in [1.29, 1.82) is 0 Å². The maximum atomic E-state index is 13.0. The summed E-state index contributed by atoms with van der Waals surface area (Å²) in [5.74, 6) is -0.806. The standard InChI is InChI=1S/C22H22N2O4/c1-4-11-28-19-8-6-5-7-16(19)13-17-20(25)23-22(27)24(21(17)26)18-10-9-14(2)12-15(18)3/h5-10,12-13H,4,11H2,1-3H3,(H,23,25,27)/b17-13+. The molecule has 0 radical (unpaired) electrons. The Hall–Kier alpha value is -3.41. The molecule has 2 aromatic carbocycles. The maximum Gasteiger partial charge on any atom is 0.335 e. The van der Waals surface area contributed by atoms with Gasteiger partial charge >= 0.3 is 6.03 Å². The lowest BCUT2D eigenvalue weighted by Gasteiger charge is -2.27. The second-order valence-electron chi connectivity index (χ2n) is 6.63. The van der Waals surface area contributed by atoms with Crippen molar-refractivity contribution < 1.29 is 19.1 Å². The highest BCUT2D eigenvalue weighted by Gasteiger charge is 2.37. The number of hydrogen-bond acceptors (Lipinski definition) is 4. The molecule has 1 aliphatic rings. The average molecular weight is 378 g/mol. The molecule has 2 aromatic rings. The van der Waals surface area contributed by atoms with E-state index in [0.29, 0.717) is 23.6 Å². The van der Waals surface area contributed by atoms with Crippen LogP contribution in [0.3, 0.4) is 0 Å². The fourth-order valence-corrected chi connectivity index (χ4v) is 3.03. The number of urea groups is 1. The van der Waals surface area contributed by atoms with Crippen LogP contribution in [0.2, 0.25) is 0 Å². The summed E-state index contributed by atoms with van der Waals surface area (Å²) < 4.78 is 5.70. The number of amides is 4. The van der Waals surface area contributed by atoms with Crippen LogP contribution in [0.25, 0.3) is 6.08 Å². The van der Waals surface area contributed by atoms with E-state index in [4.69, 9.17) is 4.74 Å². The Morgan fingerprint density at radius 3 is 2.54 bits per heavy atom. The van der Waals surface area contributed by atoms with Crippen LogP contribution in [0.1, 0.15) is 30.0 Å². The predicted octanol–water partition coefficient (Wildman–Crippen LogP) is 3.76. The maximum absolute atomic E-state index is 13.0. The third kappa shape index (κ3) is 3.81. The summed E-state index contributed by atoms with van der Waals surface area (Å²) in [5.41, 5.74) is 2.71. The second-order valence-corrected chi connectivity index (χ2v) is 6.63. The molecule has 0 atom stereocenters. The van der Waals surface area contributed by atoms with Crippen molar-refractivity contribution in [3.63, 3.8) is 0 Å². The summed E-state index contributed by atoms with van der Waals surface area (Å²) in [6.45, 7) is 6.26. The lowest BCUT2D eigenvalue weighted by atomic mass is 10.0. The van der Waals surface area contributed by atoms with Crippen molar-refractivity contribution in [2.24, 2.45) is 0 Å². The van der Waals surface area contributed by atoms with Crippen LogP contribution in [0.5, 0.6) is 5.75 Å². The first-order valence-corrected chi connectivity index (χ1v) is 9.13. The number of anilines is 1. The summed E-state index contributed by atoms with van der Waals surface area (Å²) in [5, 5.41) is 2.25. The average Bonchev–Trinajstić information content (AvgIpc) is 2.65. The van der Waals surface area contributed by atoms with Crippen LogP contribution in [-0.4, -0.2) is 24.5 Å². The van der Waals surface area contributed by atoms with Gasteiger partial charge in [-0.1, -0.05) is 42.8 Å². The van der Waals surface area contributed by atoms with Crippen LogP contribution >= 0.6 is 0 Å². The normalized spacial score (nSPS) is 15.8. The smallest absolute Gasteiger partial charge is 0.335 e. The topological polar surface area (TPSA) is 75.7 Å². The first kappa shape index (κ1) is 19.4. The molecule has 144 valence electrons. The molecule has 0 spiro atoms. The van der Waals surface area contributed by atoms with Gasteiger partial charge in [0.1, 0.15) is 11.3 Å². The Kier molecular flexibility index (Phi) is 5.59. The summed E-state index contributed by atoms with van der Waals surface area (Å²) >= 11 is 0. The summed E-state index contributed by atoms with van der Waals surface area (Å²) in [6, 6.07) is 11.8. The lowest BCUT2D eigenvalue weighted by Crippen LogP contribution is -2.54. The van der Waals surface area contributed by atoms with Gasteiger partial charge < -0.3 is 4.74 Å². The molecule has 1 aliphatic heterocycles. The molecule has 0 bridgehead atoms. The van der Waals surface area contributed by atoms with Crippen LogP contribution in [0, 0.1) is 13.8 Å². The van der Waals surface area contributed by atoms with Gasteiger partial charge in [-0.15, -0.1) is 0 Å². The molecule has 1 saturated heterocycles. The molecule has 0 aliphatic carbocycles. The number of imide groups is 2. The third-order valence-electron chi connectivity index (χ3n) is 4.38. The minimum atomic E-state index is -0.755. The van der Waals surface area contributed by atoms with Gasteiger partial charge in [-0.2, -0.15) is 0 Å². The van der Waals surface area contributed by atoms with E-state index in [1.807, 2.05) is 39.0 Å². The Morgan fingerprint density at radius 1 is 1.07 bits per heavy atom. The number of ether oxygens (including phenoxy) is 1. The molecule has 0 saturated carbocycles. The number of nitrogens with one attached hydrogen (secondary N) is 1. The fraction of sp³-hybridized carbons (Fsp3) is 0.227. The van der Waals surface area contributed by atoms with Crippen molar-refractivity contribution in [2.75, 3.05) is 11.5 Å². The van der Waals surface area contributed by atoms with Crippen LogP contribution in [-0.2, 0) is 9.59 Å². The molecule has 1 N–H and O–H groups in total. The summed E-state index contributed by atoms with van der Waals surface area (Å²) in [4.78, 5) is 38.8. The van der Waals surface area contributed by atoms with Crippen LogP contribution in [0.4, 0.5) is 10.5 Å². The molecule has 28 heavy (non-hydrogen) atoms. The number of aryl methyl sites for hydroxylation is 2. The third-order valence-corrected chi connectivity index (χ3v) is 4.38. The van der Waals surface area contributed by atoms with E-state index in [9.17, 15) is 14.4 Å². The summed E-state index contributed by atoms with van der Waals surface area (Å²) in [7, 11) is 0. The molecule has 1 heterocycles. The number of carbonyl (C=O) groups is 3. The SMILES string of the molecule is CCCOc1ccccc1/C=C1\C(=O)NC(=O)N(c2ccc(C)cc2C)C1=O. The first-order valence-electron chi connectivity index (χ1n) is 9.13. The van der Waals surface area contributed by atoms with Crippen LogP contribution in [0.15, 0.2) is 48.0 Å². The number of carbonyl (C=O) groups excluding carboxylic acids is 3. The number of hydrogen-bond donors (Lipinski definition) is 1. The van der Waals surface area contributed by atoms with E-state index < -0.39 is 17.8 Å². The van der Waals surface area contributed by atoms with Gasteiger partial charge in [-0.3, -0.25) is 14.9 Å². The zero-order valence-electron chi connectivity index (χ0n) is 16.1. The van der Waals surface area contributed by atoms with Crippen molar-refractivity contribution in [3.8, 4) is 5.75 Å². The molecular formula is C22H22N2O4. The number of nitrogens with zero attached hydrogens (tertiary/aromatic N) is 1. The Morgan fingerprint density at radius 2 is 1.82 bits per heavy atom. The Bertz CT molecular complexity index is 978. The molecule has 0 unspecified atom stereocenters. The van der Waals surface area contributed by atoms with Crippen molar-refractivity contribution >= 4 is 29.6 Å². The monoisotopic (exact) mass is 378 g/mol. The molecular weight excluding hydrogens is 356 g/mol. The van der Waals surface area contributed by atoms with Crippen molar-refractivity contribution in [3.05, 3.63) is 64.7 Å². The molecule has 1 fully saturated rings. The van der Waals surface area contributed by atoms with Crippen LogP contribution < -0.4 is 15.0 Å². The number of barbiturate groups is 1. The molecule has 0 aromatic heterocycles. The predicted molar refractivity (Wildman–Crippen MR) is 107 cm³/mol. The number of rotatable bonds is 5. The molecule has 6 heteroatoms. The van der Waals surface area contributed by atoms with Gasteiger partial charge in [-0.05, 0) is 44.0 Å². The van der Waals surface area contributed by atoms with E-state index >= 15 is 0 Å². The van der Waals surface area contributed by atoms with Crippen molar-refractivity contribution in [1.82, 2.24) is 5.32 Å². The van der Waals surface area contributed by atoms with Gasteiger partial charge in [0.05, 0.1) is 12.3 Å². The largest absolute Gasteiger partial charge is 0.493 e. The van der Waals surface area contributed by atoms with Gasteiger partial charge in [0, 0.05) is 5.56 Å². The minimum absolute atomic E-state index is 0.118. The van der Waals surface area contributed by atoms with E-state index in [1.165, 1.54) is 6.08 Å². The van der Waals surface area contributed by atoms with E-state index in [0.717, 1.165) is 22.4 Å². The number of para-hydroxylation sites is 1. The van der Waals surface area contributed by atoms with E-state index in [-0.39, 0.29) is 5.57 Å². The van der Waals surface area contributed by atoms with Gasteiger partial charge in [-0.25, -0.2) is 9.69 Å². The fourth-order valence-electron chi connectivity index (χ4n) is 3.03. The van der Waals surface area contributed by atoms with Gasteiger partial charge in [0.2, 0.25) is 0 Å². The van der Waals surface area contributed by atoms with Crippen molar-refractivity contribution in [2.45, 2.75) is 27.2 Å². The second kappa shape index (κ2) is 8.08. The highest BCUT2D eigenvalue weighted by Crippen LogP contribution is 2.27. The molecule has 6 nitrogen and oxygen atoms in total. The van der Waals surface area contributed by atoms with Gasteiger partial charge in [0.25, 0.3) is 11.8 Å². The quantitative estimate of drug-likeness (QED) is 0.635. The number of benzene rings is 2. The first-order chi connectivity index (χ1) is 13.4. The Balaban J connectivity index is 2.02. The highest BCUT2D eigenvalue weighted by atomic mass is 16.5. The minimum Gasteiger partial charge on any atom is -0.493 e. The van der Waals surface area contributed by atoms with Gasteiger partial charge in [0.15, 0.2) is 0 Å².